The van der Waals surface area contributed by atoms with Gasteiger partial charge in [0.05, 0.1) is 0 Å². The van der Waals surface area contributed by atoms with E-state index < -0.39 is 32.0 Å². The third kappa shape index (κ3) is 5.57. The van der Waals surface area contributed by atoms with Crippen LogP contribution in [0.5, 0.6) is 0 Å². The number of esters is 1. The zero-order chi connectivity index (χ0) is 23.5. The van der Waals surface area contributed by atoms with Crippen molar-refractivity contribution in [2.24, 2.45) is 5.92 Å². The van der Waals surface area contributed by atoms with Gasteiger partial charge in [0.15, 0.2) is 0 Å². The lowest BCUT2D eigenvalue weighted by molar-refractivity contribution is -0.215. The summed E-state index contributed by atoms with van der Waals surface area (Å²) in [6, 6.07) is 19.9. The van der Waals surface area contributed by atoms with E-state index in [0.717, 1.165) is 10.4 Å². The van der Waals surface area contributed by atoms with Crippen LogP contribution in [-0.2, 0) is 14.0 Å². The van der Waals surface area contributed by atoms with Crippen molar-refractivity contribution in [1.29, 1.82) is 0 Å². The van der Waals surface area contributed by atoms with Gasteiger partial charge < -0.3 is 9.16 Å². The molecule has 0 aliphatic heterocycles. The minimum atomic E-state index is -5.03. The Balaban J connectivity index is 2.42. The highest BCUT2D eigenvalue weighted by molar-refractivity contribution is 6.99. The minimum Gasteiger partial charge on any atom is -0.453 e. The molecule has 0 amide bonds. The van der Waals surface area contributed by atoms with Gasteiger partial charge in [0, 0.05) is 12.5 Å². The summed E-state index contributed by atoms with van der Waals surface area (Å²) in [6.45, 7) is 11.2. The smallest absolute Gasteiger partial charge is 0.453 e. The molecule has 0 aromatic heterocycles. The third-order valence-corrected chi connectivity index (χ3v) is 10.7. The monoisotopic (exact) mass is 452 g/mol. The van der Waals surface area contributed by atoms with E-state index in [0.29, 0.717) is 0 Å². The number of carbonyl (C=O) groups is 1. The standard InChI is InChI=1S/C24H31F3O3Si/c1-18(23(5,6)30-21(28)24(25,26)27)17-29-31(22(2,3)4,19-13-9-7-10-14-19)20-15-11-8-12-16-20/h7-16,18H,17H2,1-6H3/t18-/m0/s1. The molecule has 2 rings (SSSR count). The average molecular weight is 453 g/mol. The highest BCUT2D eigenvalue weighted by Gasteiger charge is 2.51. The fourth-order valence-corrected chi connectivity index (χ4v) is 8.27. The van der Waals surface area contributed by atoms with Gasteiger partial charge in [-0.05, 0) is 29.3 Å². The summed E-state index contributed by atoms with van der Waals surface area (Å²) >= 11 is 0. The Morgan fingerprint density at radius 2 is 1.29 bits per heavy atom. The molecule has 31 heavy (non-hydrogen) atoms. The molecule has 7 heteroatoms. The van der Waals surface area contributed by atoms with Crippen molar-refractivity contribution < 1.29 is 27.1 Å². The zero-order valence-electron chi connectivity index (χ0n) is 18.9. The molecule has 170 valence electrons. The minimum absolute atomic E-state index is 0.144. The molecular formula is C24H31F3O3Si. The molecule has 0 saturated carbocycles. The van der Waals surface area contributed by atoms with Gasteiger partial charge in [-0.25, -0.2) is 4.79 Å². The summed E-state index contributed by atoms with van der Waals surface area (Å²) in [5.41, 5.74) is -1.35. The van der Waals surface area contributed by atoms with E-state index >= 15 is 0 Å². The first-order valence-electron chi connectivity index (χ1n) is 10.3. The highest BCUT2D eigenvalue weighted by Crippen LogP contribution is 2.38. The van der Waals surface area contributed by atoms with Gasteiger partial charge in [-0.3, -0.25) is 0 Å². The molecule has 0 saturated heterocycles. The van der Waals surface area contributed by atoms with Crippen LogP contribution in [0.15, 0.2) is 60.7 Å². The molecule has 0 N–H and O–H groups in total. The summed E-state index contributed by atoms with van der Waals surface area (Å²) in [6.07, 6.45) is -5.03. The van der Waals surface area contributed by atoms with E-state index in [9.17, 15) is 18.0 Å². The first-order valence-corrected chi connectivity index (χ1v) is 12.2. The van der Waals surface area contributed by atoms with Crippen LogP contribution in [0.1, 0.15) is 41.5 Å². The van der Waals surface area contributed by atoms with Crippen molar-refractivity contribution in [3.63, 3.8) is 0 Å². The van der Waals surface area contributed by atoms with E-state index in [-0.39, 0.29) is 11.6 Å². The molecule has 0 heterocycles. The highest BCUT2D eigenvalue weighted by atomic mass is 28.4. The predicted molar refractivity (Wildman–Crippen MR) is 119 cm³/mol. The van der Waals surface area contributed by atoms with Crippen molar-refractivity contribution in [3.8, 4) is 0 Å². The van der Waals surface area contributed by atoms with Gasteiger partial charge in [-0.2, -0.15) is 13.2 Å². The summed E-state index contributed by atoms with van der Waals surface area (Å²) in [7, 11) is -2.83. The molecule has 2 aromatic rings. The molecule has 0 unspecified atom stereocenters. The van der Waals surface area contributed by atoms with E-state index in [1.165, 1.54) is 13.8 Å². The molecule has 0 spiro atoms. The fourth-order valence-electron chi connectivity index (χ4n) is 3.61. The van der Waals surface area contributed by atoms with Gasteiger partial charge in [0.25, 0.3) is 8.32 Å². The normalized spacial score (nSPS) is 14.2. The van der Waals surface area contributed by atoms with Crippen LogP contribution >= 0.6 is 0 Å². The molecule has 1 atom stereocenters. The van der Waals surface area contributed by atoms with Gasteiger partial charge >= 0.3 is 12.1 Å². The Hall–Kier alpha value is -2.12. The molecule has 2 aromatic carbocycles. The van der Waals surface area contributed by atoms with Crippen LogP contribution < -0.4 is 10.4 Å². The van der Waals surface area contributed by atoms with Crippen molar-refractivity contribution in [1.82, 2.24) is 0 Å². The fraction of sp³-hybridized carbons (Fsp3) is 0.458. The topological polar surface area (TPSA) is 35.5 Å². The van der Waals surface area contributed by atoms with Crippen LogP contribution in [-0.4, -0.2) is 32.7 Å². The van der Waals surface area contributed by atoms with Gasteiger partial charge in [-0.15, -0.1) is 0 Å². The summed E-state index contributed by atoms with van der Waals surface area (Å²) in [4.78, 5) is 11.4. The number of ether oxygens (including phenoxy) is 1. The summed E-state index contributed by atoms with van der Waals surface area (Å²) < 4.78 is 49.7. The number of carbonyl (C=O) groups excluding carboxylic acids is 1. The third-order valence-electron chi connectivity index (χ3n) is 5.74. The lowest BCUT2D eigenvalue weighted by atomic mass is 9.93. The molecule has 0 bridgehead atoms. The largest absolute Gasteiger partial charge is 0.490 e. The SMILES string of the molecule is C[C@@H](CO[Si](c1ccccc1)(c1ccccc1)C(C)(C)C)C(C)(C)OC(=O)C(F)(F)F. The first kappa shape index (κ1) is 25.1. The molecule has 0 aliphatic carbocycles. The van der Waals surface area contributed by atoms with Crippen LogP contribution in [0.2, 0.25) is 5.04 Å². The lowest BCUT2D eigenvalue weighted by Gasteiger charge is -2.44. The van der Waals surface area contributed by atoms with Crippen molar-refractivity contribution in [3.05, 3.63) is 60.7 Å². The molecule has 0 fully saturated rings. The van der Waals surface area contributed by atoms with Crippen LogP contribution in [0, 0.1) is 5.92 Å². The molecular weight excluding hydrogens is 421 g/mol. The Morgan fingerprint density at radius 3 is 1.65 bits per heavy atom. The number of hydrogen-bond donors (Lipinski definition) is 0. The number of hydrogen-bond acceptors (Lipinski definition) is 3. The van der Waals surface area contributed by atoms with Crippen molar-refractivity contribution in [2.45, 2.75) is 58.4 Å². The maximum absolute atomic E-state index is 12.7. The molecule has 3 nitrogen and oxygen atoms in total. The second-order valence-electron chi connectivity index (χ2n) is 9.37. The molecule has 0 aliphatic rings. The number of halogens is 3. The Bertz CT molecular complexity index is 820. The Labute approximate surface area is 183 Å². The number of benzene rings is 2. The average Bonchev–Trinajstić information content (AvgIpc) is 2.68. The van der Waals surface area contributed by atoms with Gasteiger partial charge in [-0.1, -0.05) is 88.4 Å². The maximum Gasteiger partial charge on any atom is 0.490 e. The summed E-state index contributed by atoms with van der Waals surface area (Å²) in [5, 5.41) is 1.89. The second kappa shape index (κ2) is 9.16. The maximum atomic E-state index is 12.7. The van der Waals surface area contributed by atoms with E-state index in [1.54, 1.807) is 6.92 Å². The van der Waals surface area contributed by atoms with Crippen LogP contribution in [0.3, 0.4) is 0 Å². The van der Waals surface area contributed by atoms with Crippen LogP contribution in [0.25, 0.3) is 0 Å². The predicted octanol–water partition coefficient (Wildman–Crippen LogP) is 5.08. The van der Waals surface area contributed by atoms with Gasteiger partial charge in [0.1, 0.15) is 5.60 Å². The summed E-state index contributed by atoms with van der Waals surface area (Å²) in [5.74, 6) is -2.66. The van der Waals surface area contributed by atoms with E-state index in [2.05, 4.69) is 20.8 Å². The number of alkyl halides is 3. The quantitative estimate of drug-likeness (QED) is 0.434. The molecule has 0 radical (unpaired) electrons. The Kier molecular flexibility index (Phi) is 7.43. The van der Waals surface area contributed by atoms with Gasteiger partial charge in [0.2, 0.25) is 0 Å². The number of rotatable bonds is 7. The lowest BCUT2D eigenvalue weighted by Crippen LogP contribution is -2.67. The van der Waals surface area contributed by atoms with E-state index in [1.807, 2.05) is 60.7 Å². The zero-order valence-corrected chi connectivity index (χ0v) is 19.9. The van der Waals surface area contributed by atoms with Crippen LogP contribution in [0.4, 0.5) is 13.2 Å². The van der Waals surface area contributed by atoms with Crippen molar-refractivity contribution in [2.75, 3.05) is 6.61 Å². The first-order chi connectivity index (χ1) is 14.2. The van der Waals surface area contributed by atoms with Crippen molar-refractivity contribution >= 4 is 24.7 Å². The van der Waals surface area contributed by atoms with E-state index in [4.69, 9.17) is 9.16 Å². The Morgan fingerprint density at radius 1 is 0.871 bits per heavy atom. The second-order valence-corrected chi connectivity index (χ2v) is 13.7.